The molecule has 4 N–H and O–H groups in total. The minimum atomic E-state index is -0.232. The van der Waals surface area contributed by atoms with Crippen molar-refractivity contribution in [1.82, 2.24) is 0 Å². The van der Waals surface area contributed by atoms with Gasteiger partial charge in [0.1, 0.15) is 0 Å². The lowest BCUT2D eigenvalue weighted by Crippen LogP contribution is -2.08. The predicted molar refractivity (Wildman–Crippen MR) is 89.3 cm³/mol. The maximum atomic E-state index is 11.8. The second kappa shape index (κ2) is 7.08. The molecule has 0 bridgehead atoms. The van der Waals surface area contributed by atoms with Gasteiger partial charge >= 0.3 is 0 Å². The van der Waals surface area contributed by atoms with Gasteiger partial charge < -0.3 is 16.4 Å². The SMILES string of the molecule is CC(=O)Nc1ccc(NC(=O)/C=C/c2ccc(N)cc2)cc1. The summed E-state index contributed by atoms with van der Waals surface area (Å²) in [6.07, 6.45) is 3.16. The Hall–Kier alpha value is -3.08. The van der Waals surface area contributed by atoms with Crippen molar-refractivity contribution in [2.24, 2.45) is 0 Å². The molecule has 0 atom stereocenters. The normalized spacial score (nSPS) is 10.4. The summed E-state index contributed by atoms with van der Waals surface area (Å²) in [7, 11) is 0. The van der Waals surface area contributed by atoms with Gasteiger partial charge in [-0.15, -0.1) is 0 Å². The Morgan fingerprint density at radius 2 is 1.45 bits per heavy atom. The third kappa shape index (κ3) is 4.79. The average molecular weight is 295 g/mol. The van der Waals surface area contributed by atoms with Gasteiger partial charge in [0.25, 0.3) is 0 Å². The summed E-state index contributed by atoms with van der Waals surface area (Å²) in [6, 6.07) is 14.1. The van der Waals surface area contributed by atoms with Crippen molar-refractivity contribution in [3.05, 3.63) is 60.2 Å². The van der Waals surface area contributed by atoms with E-state index in [1.165, 1.54) is 13.0 Å². The van der Waals surface area contributed by atoms with E-state index in [2.05, 4.69) is 10.6 Å². The van der Waals surface area contributed by atoms with Crippen LogP contribution in [0.1, 0.15) is 12.5 Å². The van der Waals surface area contributed by atoms with Crippen LogP contribution in [0.15, 0.2) is 54.6 Å². The lowest BCUT2D eigenvalue weighted by Gasteiger charge is -2.05. The highest BCUT2D eigenvalue weighted by Gasteiger charge is 1.99. The van der Waals surface area contributed by atoms with Crippen molar-refractivity contribution in [1.29, 1.82) is 0 Å². The van der Waals surface area contributed by atoms with Crippen LogP contribution in [0.4, 0.5) is 17.1 Å². The molecular formula is C17H17N3O2. The van der Waals surface area contributed by atoms with E-state index >= 15 is 0 Å². The fourth-order valence-corrected chi connectivity index (χ4v) is 1.80. The molecule has 112 valence electrons. The second-order valence-electron chi connectivity index (χ2n) is 4.75. The molecule has 0 radical (unpaired) electrons. The summed E-state index contributed by atoms with van der Waals surface area (Å²) in [5.74, 6) is -0.368. The highest BCUT2D eigenvalue weighted by Crippen LogP contribution is 2.14. The highest BCUT2D eigenvalue weighted by molar-refractivity contribution is 6.02. The van der Waals surface area contributed by atoms with Crippen molar-refractivity contribution in [2.75, 3.05) is 16.4 Å². The minimum Gasteiger partial charge on any atom is -0.399 e. The molecule has 0 fully saturated rings. The van der Waals surface area contributed by atoms with Crippen molar-refractivity contribution in [3.63, 3.8) is 0 Å². The highest BCUT2D eigenvalue weighted by atomic mass is 16.2. The molecule has 2 aromatic rings. The van der Waals surface area contributed by atoms with Gasteiger partial charge in [-0.3, -0.25) is 9.59 Å². The quantitative estimate of drug-likeness (QED) is 0.599. The lowest BCUT2D eigenvalue weighted by atomic mass is 10.2. The van der Waals surface area contributed by atoms with Crippen LogP contribution < -0.4 is 16.4 Å². The largest absolute Gasteiger partial charge is 0.399 e. The number of amides is 2. The molecule has 0 spiro atoms. The van der Waals surface area contributed by atoms with E-state index in [-0.39, 0.29) is 11.8 Å². The zero-order valence-corrected chi connectivity index (χ0v) is 12.2. The van der Waals surface area contributed by atoms with E-state index in [0.717, 1.165) is 5.56 Å². The maximum Gasteiger partial charge on any atom is 0.248 e. The van der Waals surface area contributed by atoms with E-state index in [9.17, 15) is 9.59 Å². The number of hydrogen-bond acceptors (Lipinski definition) is 3. The fourth-order valence-electron chi connectivity index (χ4n) is 1.80. The lowest BCUT2D eigenvalue weighted by molar-refractivity contribution is -0.114. The number of benzene rings is 2. The summed E-state index contributed by atoms with van der Waals surface area (Å²) in [4.78, 5) is 22.7. The molecule has 22 heavy (non-hydrogen) atoms. The maximum absolute atomic E-state index is 11.8. The number of nitrogens with one attached hydrogen (secondary N) is 2. The number of nitrogens with two attached hydrogens (primary N) is 1. The molecule has 5 heteroatoms. The van der Waals surface area contributed by atoms with Gasteiger partial charge in [0.15, 0.2) is 0 Å². The van der Waals surface area contributed by atoms with Crippen molar-refractivity contribution in [3.8, 4) is 0 Å². The van der Waals surface area contributed by atoms with Crippen LogP contribution in [0.5, 0.6) is 0 Å². The molecule has 0 heterocycles. The van der Waals surface area contributed by atoms with Crippen LogP contribution in [0, 0.1) is 0 Å². The Bertz CT molecular complexity index is 689. The van der Waals surface area contributed by atoms with Crippen molar-refractivity contribution < 1.29 is 9.59 Å². The van der Waals surface area contributed by atoms with Gasteiger partial charge in [0, 0.05) is 30.1 Å². The Balaban J connectivity index is 1.94. The smallest absolute Gasteiger partial charge is 0.248 e. The summed E-state index contributed by atoms with van der Waals surface area (Å²) in [5.41, 5.74) is 8.51. The first-order chi connectivity index (χ1) is 10.5. The zero-order valence-electron chi connectivity index (χ0n) is 12.2. The molecule has 0 unspecified atom stereocenters. The van der Waals surface area contributed by atoms with Crippen LogP contribution in [0.2, 0.25) is 0 Å². The van der Waals surface area contributed by atoms with Crippen LogP contribution in [-0.4, -0.2) is 11.8 Å². The van der Waals surface area contributed by atoms with E-state index in [0.29, 0.717) is 17.1 Å². The standard InChI is InChI=1S/C17H17N3O2/c1-12(21)19-15-7-9-16(10-8-15)20-17(22)11-4-13-2-5-14(18)6-3-13/h2-11H,18H2,1H3,(H,19,21)(H,20,22)/b11-4+. The number of carbonyl (C=O) groups is 2. The van der Waals surface area contributed by atoms with Crippen molar-refractivity contribution in [2.45, 2.75) is 6.92 Å². The van der Waals surface area contributed by atoms with Gasteiger partial charge in [-0.1, -0.05) is 12.1 Å². The van der Waals surface area contributed by atoms with Crippen molar-refractivity contribution >= 4 is 35.0 Å². The van der Waals surface area contributed by atoms with Gasteiger partial charge in [0.2, 0.25) is 11.8 Å². The van der Waals surface area contributed by atoms with Crippen LogP contribution in [0.3, 0.4) is 0 Å². The summed E-state index contributed by atoms with van der Waals surface area (Å²) in [5, 5.41) is 5.40. The van der Waals surface area contributed by atoms with E-state index in [4.69, 9.17) is 5.73 Å². The third-order valence-electron chi connectivity index (χ3n) is 2.84. The number of hydrogen-bond donors (Lipinski definition) is 3. The van der Waals surface area contributed by atoms with Crippen LogP contribution in [0.25, 0.3) is 6.08 Å². The van der Waals surface area contributed by atoms with E-state index in [1.54, 1.807) is 42.5 Å². The van der Waals surface area contributed by atoms with Gasteiger partial charge in [0.05, 0.1) is 0 Å². The molecule has 0 saturated carbocycles. The van der Waals surface area contributed by atoms with Crippen LogP contribution in [-0.2, 0) is 9.59 Å². The average Bonchev–Trinajstić information content (AvgIpc) is 2.48. The molecule has 0 aliphatic heterocycles. The van der Waals surface area contributed by atoms with E-state index < -0.39 is 0 Å². The molecule has 2 amide bonds. The fraction of sp³-hybridized carbons (Fsp3) is 0.0588. The first-order valence-electron chi connectivity index (χ1n) is 6.75. The Labute approximate surface area is 128 Å². The predicted octanol–water partition coefficient (Wildman–Crippen LogP) is 2.88. The monoisotopic (exact) mass is 295 g/mol. The number of carbonyl (C=O) groups excluding carboxylic acids is 2. The molecule has 0 aromatic heterocycles. The first-order valence-corrected chi connectivity index (χ1v) is 6.75. The Morgan fingerprint density at radius 1 is 0.909 bits per heavy atom. The molecule has 5 nitrogen and oxygen atoms in total. The second-order valence-corrected chi connectivity index (χ2v) is 4.75. The van der Waals surface area contributed by atoms with Crippen LogP contribution >= 0.6 is 0 Å². The summed E-state index contributed by atoms with van der Waals surface area (Å²) >= 11 is 0. The van der Waals surface area contributed by atoms with Gasteiger partial charge in [-0.05, 0) is 48.0 Å². The third-order valence-corrected chi connectivity index (χ3v) is 2.84. The van der Waals surface area contributed by atoms with Gasteiger partial charge in [-0.2, -0.15) is 0 Å². The molecular weight excluding hydrogens is 278 g/mol. The molecule has 0 saturated heterocycles. The Morgan fingerprint density at radius 3 is 2.00 bits per heavy atom. The molecule has 0 aliphatic rings. The molecule has 0 aliphatic carbocycles. The topological polar surface area (TPSA) is 84.2 Å². The zero-order chi connectivity index (χ0) is 15.9. The van der Waals surface area contributed by atoms with Gasteiger partial charge in [-0.25, -0.2) is 0 Å². The molecule has 2 aromatic carbocycles. The number of anilines is 3. The number of rotatable bonds is 4. The summed E-state index contributed by atoms with van der Waals surface area (Å²) < 4.78 is 0. The molecule has 2 rings (SSSR count). The minimum absolute atomic E-state index is 0.136. The summed E-state index contributed by atoms with van der Waals surface area (Å²) in [6.45, 7) is 1.44. The van der Waals surface area contributed by atoms with E-state index in [1.807, 2.05) is 12.1 Å². The number of nitrogen functional groups attached to an aromatic ring is 1. The first kappa shape index (κ1) is 15.3. The Kier molecular flexibility index (Phi) is 4.93.